The molecule has 1 fully saturated rings. The van der Waals surface area contributed by atoms with E-state index in [2.05, 4.69) is 0 Å². The van der Waals surface area contributed by atoms with E-state index in [1.54, 1.807) is 14.7 Å². The molecule has 2 rings (SSSR count). The number of phenolic OH excluding ortho intramolecular Hbond substituents is 3. The van der Waals surface area contributed by atoms with E-state index in [1.165, 1.54) is 13.8 Å². The molecule has 202 valence electrons. The smallest absolute Gasteiger partial charge is 0.317 e. The summed E-state index contributed by atoms with van der Waals surface area (Å²) in [6.45, 7) is 4.88. The summed E-state index contributed by atoms with van der Waals surface area (Å²) in [5.41, 5.74) is 0.679. The van der Waals surface area contributed by atoms with Crippen molar-refractivity contribution in [2.45, 2.75) is 20.4 Å². The number of carbonyl (C=O) groups is 3. The number of phenols is 3. The van der Waals surface area contributed by atoms with Gasteiger partial charge in [0.1, 0.15) is 17.2 Å². The first-order valence-electron chi connectivity index (χ1n) is 11.7. The van der Waals surface area contributed by atoms with Crippen molar-refractivity contribution >= 4 is 17.9 Å². The van der Waals surface area contributed by atoms with Crippen LogP contribution < -0.4 is 0 Å². The Bertz CT molecular complexity index is 895. The zero-order valence-corrected chi connectivity index (χ0v) is 20.7. The van der Waals surface area contributed by atoms with Crippen LogP contribution in [0.2, 0.25) is 0 Å². The van der Waals surface area contributed by atoms with Gasteiger partial charge in [-0.15, -0.1) is 0 Å². The molecule has 0 atom stereocenters. The summed E-state index contributed by atoms with van der Waals surface area (Å²) in [5.74, 6) is -3.75. The highest BCUT2D eigenvalue weighted by Crippen LogP contribution is 2.41. The van der Waals surface area contributed by atoms with E-state index in [0.29, 0.717) is 52.4 Å². The van der Waals surface area contributed by atoms with Gasteiger partial charge in [-0.2, -0.15) is 0 Å². The number of aliphatic carboxylic acids is 3. The maximum Gasteiger partial charge on any atom is 0.317 e. The molecule has 36 heavy (non-hydrogen) atoms. The van der Waals surface area contributed by atoms with Crippen molar-refractivity contribution in [1.82, 2.24) is 19.6 Å². The normalized spacial score (nSPS) is 17.8. The molecule has 0 bridgehead atoms. The molecule has 0 aromatic heterocycles. The Morgan fingerprint density at radius 3 is 1.11 bits per heavy atom. The molecule has 1 saturated heterocycles. The second-order valence-electron chi connectivity index (χ2n) is 9.06. The van der Waals surface area contributed by atoms with Gasteiger partial charge >= 0.3 is 17.9 Å². The average molecular weight is 513 g/mol. The molecular weight excluding hydrogens is 476 g/mol. The summed E-state index contributed by atoms with van der Waals surface area (Å²) in [7, 11) is 0. The van der Waals surface area contributed by atoms with Gasteiger partial charge in [0.05, 0.1) is 25.2 Å². The first-order valence-corrected chi connectivity index (χ1v) is 11.7. The van der Waals surface area contributed by atoms with E-state index in [0.717, 1.165) is 0 Å². The Morgan fingerprint density at radius 2 is 0.833 bits per heavy atom. The molecule has 0 aliphatic carbocycles. The zero-order valence-electron chi connectivity index (χ0n) is 20.7. The Morgan fingerprint density at radius 1 is 0.556 bits per heavy atom. The van der Waals surface area contributed by atoms with E-state index < -0.39 is 17.9 Å². The third-order valence-corrected chi connectivity index (χ3v) is 6.38. The van der Waals surface area contributed by atoms with Crippen molar-refractivity contribution in [2.24, 2.45) is 0 Å². The molecule has 0 saturated carbocycles. The van der Waals surface area contributed by atoms with Crippen molar-refractivity contribution in [3.05, 3.63) is 16.7 Å². The standard InChI is InChI=1S/C23H36N4O9/c1-15-21(34)16(2)23(36)17(22(15)35)11-24-3-5-25(12-18(28)29)7-9-27(14-20(32)33)10-8-26(6-4-24)13-19(30)31/h34-36H,3-14H2,1-2H3,(H,28,29)(H,30,31)(H,32,33). The lowest BCUT2D eigenvalue weighted by atomic mass is 10.0. The lowest BCUT2D eigenvalue weighted by Gasteiger charge is -2.33. The van der Waals surface area contributed by atoms with E-state index in [1.807, 2.05) is 4.90 Å². The van der Waals surface area contributed by atoms with Gasteiger partial charge in [-0.05, 0) is 13.8 Å². The third kappa shape index (κ3) is 8.52. The van der Waals surface area contributed by atoms with Gasteiger partial charge in [-0.1, -0.05) is 0 Å². The number of hydrogen-bond acceptors (Lipinski definition) is 10. The summed E-state index contributed by atoms with van der Waals surface area (Å²) in [5, 5.41) is 59.2. The Hall–Kier alpha value is -3.13. The lowest BCUT2D eigenvalue weighted by Crippen LogP contribution is -2.48. The van der Waals surface area contributed by atoms with Crippen LogP contribution >= 0.6 is 0 Å². The number of nitrogens with zero attached hydrogens (tertiary/aromatic N) is 4. The van der Waals surface area contributed by atoms with Crippen LogP contribution in [-0.2, 0) is 20.9 Å². The van der Waals surface area contributed by atoms with Crippen LogP contribution in [0.1, 0.15) is 16.7 Å². The molecule has 6 N–H and O–H groups in total. The maximum absolute atomic E-state index is 11.4. The van der Waals surface area contributed by atoms with Gasteiger partial charge in [0.15, 0.2) is 0 Å². The van der Waals surface area contributed by atoms with Crippen LogP contribution in [0.25, 0.3) is 0 Å². The van der Waals surface area contributed by atoms with Crippen LogP contribution in [0.5, 0.6) is 17.2 Å². The van der Waals surface area contributed by atoms with Gasteiger partial charge in [-0.3, -0.25) is 34.0 Å². The quantitative estimate of drug-likeness (QED) is 0.259. The predicted molar refractivity (Wildman–Crippen MR) is 128 cm³/mol. The van der Waals surface area contributed by atoms with Crippen LogP contribution in [-0.4, -0.2) is 140 Å². The SMILES string of the molecule is Cc1c(O)c(C)c(O)c(CN2CCN(CC(=O)O)CCN(CC(=O)O)CCN(CC(=O)O)CC2)c1O. The summed E-state index contributed by atoms with van der Waals surface area (Å²) < 4.78 is 0. The Kier molecular flexibility index (Phi) is 10.7. The molecule has 1 aromatic carbocycles. The summed E-state index contributed by atoms with van der Waals surface area (Å²) in [4.78, 5) is 41.0. The van der Waals surface area contributed by atoms with E-state index >= 15 is 0 Å². The lowest BCUT2D eigenvalue weighted by molar-refractivity contribution is -0.140. The van der Waals surface area contributed by atoms with Crippen molar-refractivity contribution in [1.29, 1.82) is 0 Å². The topological polar surface area (TPSA) is 186 Å². The molecular formula is C23H36N4O9. The van der Waals surface area contributed by atoms with Crippen molar-refractivity contribution in [3.8, 4) is 17.2 Å². The van der Waals surface area contributed by atoms with Gasteiger partial charge in [-0.25, -0.2) is 0 Å². The highest BCUT2D eigenvalue weighted by Gasteiger charge is 2.23. The number of carboxylic acid groups (broad SMARTS) is 3. The number of carboxylic acids is 3. The average Bonchev–Trinajstić information content (AvgIpc) is 2.79. The molecule has 1 aliphatic heterocycles. The van der Waals surface area contributed by atoms with Crippen LogP contribution in [0.15, 0.2) is 0 Å². The summed E-state index contributed by atoms with van der Waals surface area (Å²) >= 11 is 0. The van der Waals surface area contributed by atoms with Gasteiger partial charge in [0, 0.05) is 70.0 Å². The molecule has 0 amide bonds. The fraction of sp³-hybridized carbons (Fsp3) is 0.609. The second kappa shape index (κ2) is 13.3. The molecule has 1 aromatic rings. The first kappa shape index (κ1) is 29.1. The molecule has 1 aliphatic rings. The minimum atomic E-state index is -1.03. The Balaban J connectivity index is 2.31. The molecule has 13 heteroatoms. The fourth-order valence-electron chi connectivity index (χ4n) is 4.23. The summed E-state index contributed by atoms with van der Waals surface area (Å²) in [6, 6.07) is 0. The monoisotopic (exact) mass is 512 g/mol. The number of hydrogen-bond donors (Lipinski definition) is 6. The minimum Gasteiger partial charge on any atom is -0.507 e. The number of rotatable bonds is 8. The van der Waals surface area contributed by atoms with Crippen molar-refractivity contribution in [3.63, 3.8) is 0 Å². The third-order valence-electron chi connectivity index (χ3n) is 6.38. The Labute approximate surface area is 209 Å². The molecule has 0 spiro atoms. The van der Waals surface area contributed by atoms with E-state index in [4.69, 9.17) is 0 Å². The minimum absolute atomic E-state index is 0.0899. The van der Waals surface area contributed by atoms with E-state index in [9.17, 15) is 45.0 Å². The number of benzene rings is 1. The highest BCUT2D eigenvalue weighted by molar-refractivity contribution is 5.70. The van der Waals surface area contributed by atoms with Gasteiger partial charge in [0.25, 0.3) is 0 Å². The number of aromatic hydroxyl groups is 3. The fourth-order valence-corrected chi connectivity index (χ4v) is 4.23. The van der Waals surface area contributed by atoms with E-state index in [-0.39, 0.29) is 60.1 Å². The predicted octanol–water partition coefficient (Wildman–Crippen LogP) is -0.604. The largest absolute Gasteiger partial charge is 0.507 e. The second-order valence-corrected chi connectivity index (χ2v) is 9.06. The molecule has 0 unspecified atom stereocenters. The van der Waals surface area contributed by atoms with Gasteiger partial charge in [0.2, 0.25) is 0 Å². The zero-order chi connectivity index (χ0) is 27.0. The van der Waals surface area contributed by atoms with Crippen LogP contribution in [0, 0.1) is 13.8 Å². The van der Waals surface area contributed by atoms with Gasteiger partial charge < -0.3 is 30.6 Å². The van der Waals surface area contributed by atoms with Crippen LogP contribution in [0.3, 0.4) is 0 Å². The molecule has 0 radical (unpaired) electrons. The van der Waals surface area contributed by atoms with Crippen molar-refractivity contribution < 1.29 is 45.0 Å². The maximum atomic E-state index is 11.4. The molecule has 1 heterocycles. The molecule has 13 nitrogen and oxygen atoms in total. The van der Waals surface area contributed by atoms with Crippen molar-refractivity contribution in [2.75, 3.05) is 72.0 Å². The summed E-state index contributed by atoms with van der Waals surface area (Å²) in [6.07, 6.45) is 0. The van der Waals surface area contributed by atoms with Crippen LogP contribution in [0.4, 0.5) is 0 Å². The first-order chi connectivity index (χ1) is 16.9. The highest BCUT2D eigenvalue weighted by atomic mass is 16.4.